The van der Waals surface area contributed by atoms with Crippen LogP contribution in [0.3, 0.4) is 0 Å². The van der Waals surface area contributed by atoms with Gasteiger partial charge in [0.1, 0.15) is 6.61 Å². The van der Waals surface area contributed by atoms with Crippen molar-refractivity contribution < 1.29 is 27.1 Å². The molecular formula is C25H29ClF4N2O2. The van der Waals surface area contributed by atoms with Crippen LogP contribution in [0.5, 0.6) is 5.75 Å². The topological polar surface area (TPSA) is 41.6 Å². The number of alkyl halides is 3. The lowest BCUT2D eigenvalue weighted by molar-refractivity contribution is -0.115. The molecular weight excluding hydrogens is 472 g/mol. The Kier molecular flexibility index (Phi) is 13.1. The highest BCUT2D eigenvalue weighted by Crippen LogP contribution is 2.31. The Hall–Kier alpha value is -2.76. The molecule has 0 unspecified atom stereocenters. The van der Waals surface area contributed by atoms with Gasteiger partial charge in [-0.1, -0.05) is 49.6 Å². The fourth-order valence-corrected chi connectivity index (χ4v) is 2.93. The lowest BCUT2D eigenvalue weighted by Crippen LogP contribution is -2.29. The molecule has 0 aliphatic heterocycles. The fraction of sp³-hybridized carbons (Fsp3) is 0.400. The molecule has 0 saturated heterocycles. The molecule has 9 heteroatoms. The summed E-state index contributed by atoms with van der Waals surface area (Å²) in [5, 5.41) is 2.22. The predicted molar refractivity (Wildman–Crippen MR) is 127 cm³/mol. The smallest absolute Gasteiger partial charge is 0.301 e. The van der Waals surface area contributed by atoms with E-state index in [4.69, 9.17) is 16.3 Å². The van der Waals surface area contributed by atoms with E-state index in [0.717, 1.165) is 38.2 Å². The summed E-state index contributed by atoms with van der Waals surface area (Å²) in [7, 11) is 1.41. The lowest BCUT2D eigenvalue weighted by atomic mass is 10.1. The molecule has 0 radical (unpaired) electrons. The van der Waals surface area contributed by atoms with Crippen LogP contribution in [0.4, 0.5) is 17.6 Å². The van der Waals surface area contributed by atoms with E-state index in [1.54, 1.807) is 18.2 Å². The number of hydrogen-bond donors (Lipinski definition) is 1. The van der Waals surface area contributed by atoms with Gasteiger partial charge in [0, 0.05) is 30.6 Å². The normalized spacial score (nSPS) is 10.6. The molecule has 1 N–H and O–H groups in total. The monoisotopic (exact) mass is 500 g/mol. The van der Waals surface area contributed by atoms with E-state index in [-0.39, 0.29) is 16.4 Å². The van der Waals surface area contributed by atoms with Crippen LogP contribution in [0.1, 0.15) is 31.4 Å². The molecule has 2 aromatic rings. The van der Waals surface area contributed by atoms with Crippen LogP contribution in [-0.4, -0.2) is 50.8 Å². The molecule has 0 aliphatic carbocycles. The number of ether oxygens (including phenoxy) is 1. The summed E-state index contributed by atoms with van der Waals surface area (Å²) in [5.41, 5.74) is -0.306. The van der Waals surface area contributed by atoms with Gasteiger partial charge in [-0.25, -0.2) is 8.78 Å². The Morgan fingerprint density at radius 3 is 2.44 bits per heavy atom. The molecule has 186 valence electrons. The number of nitrogens with one attached hydrogen (secondary N) is 1. The van der Waals surface area contributed by atoms with Crippen LogP contribution in [0.2, 0.25) is 5.02 Å². The van der Waals surface area contributed by atoms with Crippen LogP contribution in [0.25, 0.3) is 0 Å². The third kappa shape index (κ3) is 10.0. The lowest BCUT2D eigenvalue weighted by Gasteiger charge is -2.19. The fourth-order valence-electron chi connectivity index (χ4n) is 2.70. The van der Waals surface area contributed by atoms with Gasteiger partial charge in [0.15, 0.2) is 18.2 Å². The van der Waals surface area contributed by atoms with E-state index >= 15 is 0 Å². The molecule has 0 aliphatic rings. The predicted octanol–water partition coefficient (Wildman–Crippen LogP) is 5.44. The molecule has 0 bridgehead atoms. The van der Waals surface area contributed by atoms with E-state index in [9.17, 15) is 22.4 Å². The van der Waals surface area contributed by atoms with E-state index in [1.165, 1.54) is 19.2 Å². The second kappa shape index (κ2) is 15.2. The van der Waals surface area contributed by atoms with Crippen LogP contribution in [0, 0.1) is 17.7 Å². The molecule has 0 spiro atoms. The Labute approximate surface area is 203 Å². The number of para-hydroxylation sites is 1. The minimum absolute atomic E-state index is 0.0583. The van der Waals surface area contributed by atoms with Gasteiger partial charge in [-0.15, -0.1) is 0 Å². The van der Waals surface area contributed by atoms with E-state index in [1.807, 2.05) is 0 Å². The van der Waals surface area contributed by atoms with Gasteiger partial charge < -0.3 is 15.0 Å². The average Bonchev–Trinajstić information content (AvgIpc) is 2.83. The SMILES string of the molecule is CCCN(CC)CCOc1ccccc1F.CNC(=O)C#Cc1ccc(C(F)(F)CF)cc1Cl. The van der Waals surface area contributed by atoms with Gasteiger partial charge in [0.25, 0.3) is 5.91 Å². The Morgan fingerprint density at radius 1 is 1.18 bits per heavy atom. The summed E-state index contributed by atoms with van der Waals surface area (Å²) in [6.07, 6.45) is 1.13. The minimum Gasteiger partial charge on any atom is -0.489 e. The highest BCUT2D eigenvalue weighted by molar-refractivity contribution is 6.31. The highest BCUT2D eigenvalue weighted by atomic mass is 35.5. The number of likely N-dealkylation sites (N-methyl/N-ethyl adjacent to an activating group) is 1. The van der Waals surface area contributed by atoms with Crippen LogP contribution in [-0.2, 0) is 10.7 Å². The summed E-state index contributed by atoms with van der Waals surface area (Å²) in [6, 6.07) is 9.70. The van der Waals surface area contributed by atoms with E-state index in [0.29, 0.717) is 12.4 Å². The molecule has 1 amide bonds. The summed E-state index contributed by atoms with van der Waals surface area (Å²) >= 11 is 5.73. The first-order valence-electron chi connectivity index (χ1n) is 10.8. The Morgan fingerprint density at radius 2 is 1.88 bits per heavy atom. The maximum atomic E-state index is 13.2. The third-order valence-corrected chi connectivity index (χ3v) is 4.90. The standard InChI is InChI=1S/C13H20FNO.C12H9ClF3NO/c1-3-9-15(4-2)10-11-16-13-8-6-5-7-12(13)14;1-17-11(18)5-3-8-2-4-9(6-10(8)13)12(15,16)7-14/h5-8H,3-4,9-11H2,1-2H3;2,4,6H,7H2,1H3,(H,17,18). The van der Waals surface area contributed by atoms with Crippen molar-refractivity contribution in [2.75, 3.05) is 40.0 Å². The average molecular weight is 501 g/mol. The number of rotatable bonds is 9. The second-order valence-electron chi connectivity index (χ2n) is 7.07. The van der Waals surface area contributed by atoms with Gasteiger partial charge >= 0.3 is 5.92 Å². The number of carbonyl (C=O) groups excluding carboxylic acids is 1. The first-order valence-corrected chi connectivity index (χ1v) is 11.1. The minimum atomic E-state index is -3.57. The zero-order valence-corrected chi connectivity index (χ0v) is 20.2. The zero-order chi connectivity index (χ0) is 25.6. The highest BCUT2D eigenvalue weighted by Gasteiger charge is 2.31. The molecule has 4 nitrogen and oxygen atoms in total. The van der Waals surface area contributed by atoms with Crippen LogP contribution < -0.4 is 10.1 Å². The van der Waals surface area contributed by atoms with Crippen LogP contribution >= 0.6 is 11.6 Å². The van der Waals surface area contributed by atoms with Crippen molar-refractivity contribution in [1.82, 2.24) is 10.2 Å². The summed E-state index contributed by atoms with van der Waals surface area (Å²) in [4.78, 5) is 13.2. The molecule has 0 fully saturated rings. The van der Waals surface area contributed by atoms with Crippen molar-refractivity contribution in [2.45, 2.75) is 26.2 Å². The van der Waals surface area contributed by atoms with Gasteiger partial charge in [-0.3, -0.25) is 4.79 Å². The number of benzene rings is 2. The molecule has 0 saturated carbocycles. The number of nitrogens with zero attached hydrogens (tertiary/aromatic N) is 1. The molecule has 2 rings (SSSR count). The van der Waals surface area contributed by atoms with Gasteiger partial charge in [-0.2, -0.15) is 8.78 Å². The third-order valence-electron chi connectivity index (χ3n) is 4.59. The quantitative estimate of drug-likeness (QED) is 0.368. The summed E-state index contributed by atoms with van der Waals surface area (Å²) in [6.45, 7) is 5.94. The Bertz CT molecular complexity index is 977. The van der Waals surface area contributed by atoms with Crippen molar-refractivity contribution in [3.8, 4) is 17.6 Å². The zero-order valence-electron chi connectivity index (χ0n) is 19.4. The van der Waals surface area contributed by atoms with E-state index < -0.39 is 24.1 Å². The van der Waals surface area contributed by atoms with Gasteiger partial charge in [0.2, 0.25) is 0 Å². The van der Waals surface area contributed by atoms with Crippen LogP contribution in [0.15, 0.2) is 42.5 Å². The number of carbonyl (C=O) groups is 1. The number of hydrogen-bond acceptors (Lipinski definition) is 3. The number of halogens is 5. The van der Waals surface area contributed by atoms with Crippen molar-refractivity contribution in [1.29, 1.82) is 0 Å². The molecule has 34 heavy (non-hydrogen) atoms. The molecule has 0 heterocycles. The largest absolute Gasteiger partial charge is 0.489 e. The molecule has 2 aromatic carbocycles. The van der Waals surface area contributed by atoms with E-state index in [2.05, 4.69) is 35.9 Å². The van der Waals surface area contributed by atoms with Gasteiger partial charge in [0.05, 0.1) is 5.02 Å². The van der Waals surface area contributed by atoms with Gasteiger partial charge in [-0.05, 0) is 43.8 Å². The maximum Gasteiger partial charge on any atom is 0.301 e. The first kappa shape index (κ1) is 29.3. The van der Waals surface area contributed by atoms with Crippen molar-refractivity contribution in [3.05, 3.63) is 64.4 Å². The Balaban J connectivity index is 0.000000342. The summed E-state index contributed by atoms with van der Waals surface area (Å²) in [5.74, 6) is 0.598. The second-order valence-corrected chi connectivity index (χ2v) is 7.48. The number of amides is 1. The first-order chi connectivity index (χ1) is 16.2. The van der Waals surface area contributed by atoms with Crippen molar-refractivity contribution in [3.63, 3.8) is 0 Å². The molecule has 0 aromatic heterocycles. The molecule has 0 atom stereocenters. The van der Waals surface area contributed by atoms with Crippen molar-refractivity contribution in [2.24, 2.45) is 0 Å². The van der Waals surface area contributed by atoms with Crippen molar-refractivity contribution >= 4 is 17.5 Å². The summed E-state index contributed by atoms with van der Waals surface area (Å²) < 4.78 is 56.8. The maximum absolute atomic E-state index is 13.2.